The molecule has 0 aromatic heterocycles. The topological polar surface area (TPSA) is 68.6 Å². The van der Waals surface area contributed by atoms with E-state index in [1.807, 2.05) is 30.3 Å². The minimum absolute atomic E-state index is 0.203. The summed E-state index contributed by atoms with van der Waals surface area (Å²) in [5, 5.41) is 11.8. The molecule has 0 radical (unpaired) electrons. The van der Waals surface area contributed by atoms with Gasteiger partial charge in [-0.15, -0.1) is 0 Å². The van der Waals surface area contributed by atoms with Gasteiger partial charge in [0.1, 0.15) is 5.75 Å². The maximum Gasteiger partial charge on any atom is 0.255 e. The number of piperazine rings is 1. The third-order valence-corrected chi connectivity index (χ3v) is 6.02. The number of nitriles is 1. The van der Waals surface area contributed by atoms with Gasteiger partial charge in [-0.1, -0.05) is 18.2 Å². The maximum atomic E-state index is 12.5. The summed E-state index contributed by atoms with van der Waals surface area (Å²) in [5.74, 6) is 0.704. The average Bonchev–Trinajstić information content (AvgIpc) is 2.86. The largest absolute Gasteiger partial charge is 0.496 e. The van der Waals surface area contributed by atoms with Crippen LogP contribution in [-0.2, 0) is 6.54 Å². The van der Waals surface area contributed by atoms with Crippen molar-refractivity contribution in [2.24, 2.45) is 0 Å². The van der Waals surface area contributed by atoms with E-state index in [1.54, 1.807) is 31.4 Å². The Morgan fingerprint density at radius 3 is 2.27 bits per heavy atom. The van der Waals surface area contributed by atoms with E-state index in [2.05, 4.69) is 40.4 Å². The van der Waals surface area contributed by atoms with E-state index in [-0.39, 0.29) is 5.91 Å². The lowest BCUT2D eigenvalue weighted by Crippen LogP contribution is -2.43. The number of nitrogens with one attached hydrogen (secondary N) is 1. The molecule has 1 amide bonds. The number of hydrogen-bond donors (Lipinski definition) is 1. The standard InChI is InChI=1S/C27H28N4O2/c1-30-13-15-31(16-14-30)19-24-17-23(9-12-26(24)33-2)21-7-10-25(11-8-21)29-27(32)22-5-3-20(18-28)4-6-22/h3-12,17H,13-16,19H2,1-2H3,(H,29,32). The first-order chi connectivity index (χ1) is 16.1. The molecule has 33 heavy (non-hydrogen) atoms. The summed E-state index contributed by atoms with van der Waals surface area (Å²) in [6.07, 6.45) is 0. The highest BCUT2D eigenvalue weighted by Crippen LogP contribution is 2.29. The number of carbonyl (C=O) groups is 1. The molecule has 0 aliphatic carbocycles. The molecule has 1 fully saturated rings. The van der Waals surface area contributed by atoms with Crippen molar-refractivity contribution in [2.75, 3.05) is 45.7 Å². The summed E-state index contributed by atoms with van der Waals surface area (Å²) in [5.41, 5.74) is 5.14. The quantitative estimate of drug-likeness (QED) is 0.621. The third-order valence-electron chi connectivity index (χ3n) is 6.02. The van der Waals surface area contributed by atoms with Crippen LogP contribution in [0.4, 0.5) is 5.69 Å². The van der Waals surface area contributed by atoms with E-state index in [0.717, 1.165) is 55.3 Å². The van der Waals surface area contributed by atoms with Gasteiger partial charge in [0.15, 0.2) is 0 Å². The van der Waals surface area contributed by atoms with E-state index >= 15 is 0 Å². The first-order valence-corrected chi connectivity index (χ1v) is 11.1. The molecule has 0 unspecified atom stereocenters. The van der Waals surface area contributed by atoms with Gasteiger partial charge in [0.25, 0.3) is 5.91 Å². The van der Waals surface area contributed by atoms with Gasteiger partial charge in [-0.2, -0.15) is 5.26 Å². The lowest BCUT2D eigenvalue weighted by molar-refractivity contribution is 0.102. The Morgan fingerprint density at radius 2 is 1.64 bits per heavy atom. The number of ether oxygens (including phenoxy) is 1. The summed E-state index contributed by atoms with van der Waals surface area (Å²) >= 11 is 0. The van der Waals surface area contributed by atoms with Crippen molar-refractivity contribution in [3.63, 3.8) is 0 Å². The molecule has 3 aromatic carbocycles. The first-order valence-electron chi connectivity index (χ1n) is 11.1. The maximum absolute atomic E-state index is 12.5. The SMILES string of the molecule is COc1ccc(-c2ccc(NC(=O)c3ccc(C#N)cc3)cc2)cc1CN1CCN(C)CC1. The van der Waals surface area contributed by atoms with E-state index in [0.29, 0.717) is 11.1 Å². The smallest absolute Gasteiger partial charge is 0.255 e. The Kier molecular flexibility index (Phi) is 7.04. The molecule has 3 aromatic rings. The zero-order chi connectivity index (χ0) is 23.2. The molecule has 0 saturated carbocycles. The van der Waals surface area contributed by atoms with E-state index in [9.17, 15) is 4.79 Å². The van der Waals surface area contributed by atoms with Crippen molar-refractivity contribution in [2.45, 2.75) is 6.54 Å². The molecule has 4 rings (SSSR count). The Balaban J connectivity index is 1.46. The molecule has 0 bridgehead atoms. The van der Waals surface area contributed by atoms with Crippen LogP contribution in [0.25, 0.3) is 11.1 Å². The highest BCUT2D eigenvalue weighted by Gasteiger charge is 2.16. The molecular weight excluding hydrogens is 412 g/mol. The third kappa shape index (κ3) is 5.58. The molecule has 0 atom stereocenters. The lowest BCUT2D eigenvalue weighted by atomic mass is 10.0. The van der Waals surface area contributed by atoms with Crippen LogP contribution in [0, 0.1) is 11.3 Å². The van der Waals surface area contributed by atoms with Crippen LogP contribution in [-0.4, -0.2) is 56.0 Å². The zero-order valence-corrected chi connectivity index (χ0v) is 19.0. The number of hydrogen-bond acceptors (Lipinski definition) is 5. The van der Waals surface area contributed by atoms with Crippen LogP contribution < -0.4 is 10.1 Å². The Labute approximate surface area is 195 Å². The Hall–Kier alpha value is -3.66. The number of amides is 1. The fraction of sp³-hybridized carbons (Fsp3) is 0.259. The average molecular weight is 441 g/mol. The predicted molar refractivity (Wildman–Crippen MR) is 130 cm³/mol. The molecule has 1 saturated heterocycles. The van der Waals surface area contributed by atoms with Gasteiger partial charge in [-0.25, -0.2) is 0 Å². The monoisotopic (exact) mass is 440 g/mol. The van der Waals surface area contributed by atoms with E-state index in [1.165, 1.54) is 5.56 Å². The fourth-order valence-corrected chi connectivity index (χ4v) is 3.97. The molecule has 6 heteroatoms. The van der Waals surface area contributed by atoms with Crippen molar-refractivity contribution in [1.82, 2.24) is 9.80 Å². The van der Waals surface area contributed by atoms with Gasteiger partial charge in [-0.05, 0) is 66.7 Å². The van der Waals surface area contributed by atoms with Gasteiger partial charge in [0.2, 0.25) is 0 Å². The molecule has 1 aliphatic rings. The van der Waals surface area contributed by atoms with Crippen LogP contribution in [0.1, 0.15) is 21.5 Å². The van der Waals surface area contributed by atoms with Gasteiger partial charge >= 0.3 is 0 Å². The predicted octanol–water partition coefficient (Wildman–Crippen LogP) is 4.23. The molecule has 168 valence electrons. The Morgan fingerprint density at radius 1 is 0.970 bits per heavy atom. The summed E-state index contributed by atoms with van der Waals surface area (Å²) in [7, 11) is 3.88. The minimum atomic E-state index is -0.203. The molecule has 1 N–H and O–H groups in total. The number of likely N-dealkylation sites (N-methyl/N-ethyl adjacent to an activating group) is 1. The molecule has 0 spiro atoms. The number of anilines is 1. The van der Waals surface area contributed by atoms with Crippen LogP contribution in [0.5, 0.6) is 5.75 Å². The van der Waals surface area contributed by atoms with Crippen molar-refractivity contribution in [3.05, 3.63) is 83.4 Å². The Bertz CT molecular complexity index is 1140. The second-order valence-electron chi connectivity index (χ2n) is 8.33. The summed E-state index contributed by atoms with van der Waals surface area (Å²) in [4.78, 5) is 17.3. The number of benzene rings is 3. The molecule has 6 nitrogen and oxygen atoms in total. The van der Waals surface area contributed by atoms with Gasteiger partial charge < -0.3 is 15.0 Å². The minimum Gasteiger partial charge on any atom is -0.496 e. The van der Waals surface area contributed by atoms with Gasteiger partial charge in [0.05, 0.1) is 18.7 Å². The molecule has 1 heterocycles. The number of methoxy groups -OCH3 is 1. The van der Waals surface area contributed by atoms with Crippen LogP contribution in [0.2, 0.25) is 0 Å². The highest BCUT2D eigenvalue weighted by atomic mass is 16.5. The normalized spacial score (nSPS) is 14.5. The summed E-state index contributed by atoms with van der Waals surface area (Å²) < 4.78 is 5.62. The van der Waals surface area contributed by atoms with Crippen molar-refractivity contribution < 1.29 is 9.53 Å². The summed E-state index contributed by atoms with van der Waals surface area (Å²) in [6.45, 7) is 5.13. The van der Waals surface area contributed by atoms with Gasteiger partial charge in [0, 0.05) is 49.5 Å². The van der Waals surface area contributed by atoms with Crippen molar-refractivity contribution in [1.29, 1.82) is 5.26 Å². The number of carbonyl (C=O) groups excluding carboxylic acids is 1. The highest BCUT2D eigenvalue weighted by molar-refractivity contribution is 6.04. The van der Waals surface area contributed by atoms with Gasteiger partial charge in [-0.3, -0.25) is 9.69 Å². The second kappa shape index (κ2) is 10.3. The zero-order valence-electron chi connectivity index (χ0n) is 19.0. The number of rotatable bonds is 6. The van der Waals surface area contributed by atoms with E-state index < -0.39 is 0 Å². The van der Waals surface area contributed by atoms with Crippen molar-refractivity contribution in [3.8, 4) is 22.9 Å². The van der Waals surface area contributed by atoms with Crippen molar-refractivity contribution >= 4 is 11.6 Å². The molecular formula is C27H28N4O2. The number of nitrogens with zero attached hydrogens (tertiary/aromatic N) is 3. The molecule has 1 aliphatic heterocycles. The van der Waals surface area contributed by atoms with E-state index in [4.69, 9.17) is 10.00 Å². The lowest BCUT2D eigenvalue weighted by Gasteiger charge is -2.32. The fourth-order valence-electron chi connectivity index (χ4n) is 3.97. The van der Waals surface area contributed by atoms with Crippen LogP contribution in [0.3, 0.4) is 0 Å². The summed E-state index contributed by atoms with van der Waals surface area (Å²) in [6, 6.07) is 22.8. The second-order valence-corrected chi connectivity index (χ2v) is 8.33. The van der Waals surface area contributed by atoms with Crippen LogP contribution in [0.15, 0.2) is 66.7 Å². The first kappa shape index (κ1) is 22.5. The van der Waals surface area contributed by atoms with Crippen LogP contribution >= 0.6 is 0 Å².